The summed E-state index contributed by atoms with van der Waals surface area (Å²) in [7, 11) is 0. The van der Waals surface area contributed by atoms with Gasteiger partial charge < -0.3 is 15.3 Å². The van der Waals surface area contributed by atoms with E-state index in [9.17, 15) is 4.79 Å². The Morgan fingerprint density at radius 1 is 1.42 bits per heavy atom. The van der Waals surface area contributed by atoms with E-state index < -0.39 is 0 Å². The van der Waals surface area contributed by atoms with E-state index in [1.807, 2.05) is 0 Å². The van der Waals surface area contributed by atoms with Crippen molar-refractivity contribution >= 4 is 6.29 Å². The lowest BCUT2D eigenvalue weighted by molar-refractivity contribution is -0.148. The van der Waals surface area contributed by atoms with Gasteiger partial charge in [-0.2, -0.15) is 0 Å². The standard InChI is InChI=1S/C14H27N3O2/c1-3-17-14(11-18,12(2)16-17)5-4-13(10-15)6-8-19-9-7-13/h11-12,16H,3-10,15H2,1-2H3/t12-,14?/m0/s1. The second-order valence-corrected chi connectivity index (χ2v) is 6.02. The quantitative estimate of drug-likeness (QED) is 0.694. The highest BCUT2D eigenvalue weighted by atomic mass is 16.5. The lowest BCUT2D eigenvalue weighted by atomic mass is 9.71. The van der Waals surface area contributed by atoms with Gasteiger partial charge in [-0.05, 0) is 44.6 Å². The molecule has 110 valence electrons. The van der Waals surface area contributed by atoms with Gasteiger partial charge >= 0.3 is 0 Å². The first-order valence-electron chi connectivity index (χ1n) is 7.40. The van der Waals surface area contributed by atoms with Crippen LogP contribution in [0.15, 0.2) is 0 Å². The molecular formula is C14H27N3O2. The van der Waals surface area contributed by atoms with Gasteiger partial charge in [-0.3, -0.25) is 0 Å². The number of hydrogen-bond donors (Lipinski definition) is 2. The first-order chi connectivity index (χ1) is 9.12. The zero-order valence-corrected chi connectivity index (χ0v) is 12.2. The lowest BCUT2D eigenvalue weighted by Crippen LogP contribution is -2.78. The first kappa shape index (κ1) is 14.9. The number of carbonyl (C=O) groups excluding carboxylic acids is 1. The van der Waals surface area contributed by atoms with Crippen LogP contribution in [0.1, 0.15) is 39.5 Å². The molecular weight excluding hydrogens is 242 g/mol. The van der Waals surface area contributed by atoms with Crippen molar-refractivity contribution in [2.45, 2.75) is 51.1 Å². The molecule has 0 amide bonds. The summed E-state index contributed by atoms with van der Waals surface area (Å²) < 4.78 is 5.44. The summed E-state index contributed by atoms with van der Waals surface area (Å²) >= 11 is 0. The van der Waals surface area contributed by atoms with Gasteiger partial charge in [-0.1, -0.05) is 6.92 Å². The Kier molecular flexibility index (Phi) is 4.61. The number of hydrazine groups is 1. The molecule has 5 nitrogen and oxygen atoms in total. The van der Waals surface area contributed by atoms with E-state index in [1.54, 1.807) is 0 Å². The molecule has 2 fully saturated rings. The maximum absolute atomic E-state index is 11.6. The normalized spacial score (nSPS) is 34.8. The van der Waals surface area contributed by atoms with Crippen molar-refractivity contribution in [1.82, 2.24) is 10.4 Å². The lowest BCUT2D eigenvalue weighted by Gasteiger charge is -2.56. The van der Waals surface area contributed by atoms with Gasteiger partial charge in [-0.15, -0.1) is 0 Å². The molecule has 0 bridgehead atoms. The third kappa shape index (κ3) is 2.57. The van der Waals surface area contributed by atoms with Gasteiger partial charge in [0.05, 0.1) is 0 Å². The molecule has 2 heterocycles. The fourth-order valence-electron chi connectivity index (χ4n) is 3.42. The summed E-state index contributed by atoms with van der Waals surface area (Å²) in [6.07, 6.45) is 5.06. The molecule has 0 aromatic rings. The minimum Gasteiger partial charge on any atom is -0.381 e. The smallest absolute Gasteiger partial charge is 0.143 e. The minimum atomic E-state index is -0.338. The molecule has 3 N–H and O–H groups in total. The molecule has 0 aromatic carbocycles. The van der Waals surface area contributed by atoms with Crippen LogP contribution in [-0.4, -0.2) is 49.2 Å². The second kappa shape index (κ2) is 5.87. The number of hydrogen-bond acceptors (Lipinski definition) is 5. The van der Waals surface area contributed by atoms with E-state index in [0.717, 1.165) is 51.7 Å². The summed E-state index contributed by atoms with van der Waals surface area (Å²) in [4.78, 5) is 11.6. The van der Waals surface area contributed by atoms with Crippen LogP contribution < -0.4 is 11.2 Å². The van der Waals surface area contributed by atoms with E-state index in [2.05, 4.69) is 24.3 Å². The predicted octanol–water partition coefficient (Wildman–Crippen LogP) is 0.688. The van der Waals surface area contributed by atoms with Gasteiger partial charge in [0.1, 0.15) is 11.8 Å². The molecule has 0 saturated carbocycles. The largest absolute Gasteiger partial charge is 0.381 e. The molecule has 1 unspecified atom stereocenters. The van der Waals surface area contributed by atoms with Gasteiger partial charge in [0.25, 0.3) is 0 Å². The van der Waals surface area contributed by atoms with Crippen LogP contribution in [0.4, 0.5) is 0 Å². The third-order valence-electron chi connectivity index (χ3n) is 5.16. The van der Waals surface area contributed by atoms with Crippen molar-refractivity contribution in [3.8, 4) is 0 Å². The maximum atomic E-state index is 11.6. The zero-order valence-electron chi connectivity index (χ0n) is 12.2. The SMILES string of the molecule is CCN1N[C@@H](C)C1(C=O)CCC1(CN)CCOCC1. The van der Waals surface area contributed by atoms with E-state index in [-0.39, 0.29) is 17.0 Å². The van der Waals surface area contributed by atoms with Crippen molar-refractivity contribution in [1.29, 1.82) is 0 Å². The molecule has 2 aliphatic heterocycles. The van der Waals surface area contributed by atoms with Crippen LogP contribution in [0.2, 0.25) is 0 Å². The molecule has 0 radical (unpaired) electrons. The van der Waals surface area contributed by atoms with Gasteiger partial charge in [0.15, 0.2) is 0 Å². The fourth-order valence-corrected chi connectivity index (χ4v) is 3.42. The number of ether oxygens (including phenoxy) is 1. The summed E-state index contributed by atoms with van der Waals surface area (Å²) in [6.45, 7) is 7.30. The minimum absolute atomic E-state index is 0.170. The molecule has 2 aliphatic rings. The Bertz CT molecular complexity index is 318. The number of nitrogens with zero attached hydrogens (tertiary/aromatic N) is 1. The number of nitrogens with one attached hydrogen (secondary N) is 1. The number of carbonyl (C=O) groups is 1. The fraction of sp³-hybridized carbons (Fsp3) is 0.929. The summed E-state index contributed by atoms with van der Waals surface area (Å²) in [6, 6.07) is 0.222. The van der Waals surface area contributed by atoms with E-state index >= 15 is 0 Å². The molecule has 2 saturated heterocycles. The van der Waals surface area contributed by atoms with Crippen LogP contribution in [0.25, 0.3) is 0 Å². The van der Waals surface area contributed by atoms with Crippen LogP contribution in [-0.2, 0) is 9.53 Å². The Labute approximate surface area is 115 Å². The predicted molar refractivity (Wildman–Crippen MR) is 74.5 cm³/mol. The van der Waals surface area contributed by atoms with Crippen molar-refractivity contribution in [3.63, 3.8) is 0 Å². The zero-order chi connectivity index (χ0) is 13.9. The highest BCUT2D eigenvalue weighted by molar-refractivity contribution is 5.67. The average Bonchev–Trinajstić information content (AvgIpc) is 2.46. The number of likely N-dealkylation sites (N-methyl/N-ethyl adjacent to an activating group) is 1. The topological polar surface area (TPSA) is 67.6 Å². The average molecular weight is 269 g/mol. The Balaban J connectivity index is 2.00. The van der Waals surface area contributed by atoms with Crippen LogP contribution >= 0.6 is 0 Å². The van der Waals surface area contributed by atoms with Crippen molar-refractivity contribution in [2.75, 3.05) is 26.3 Å². The highest BCUT2D eigenvalue weighted by Gasteiger charge is 2.51. The molecule has 0 spiro atoms. The van der Waals surface area contributed by atoms with Crippen LogP contribution in [0, 0.1) is 5.41 Å². The van der Waals surface area contributed by atoms with Crippen molar-refractivity contribution in [2.24, 2.45) is 11.1 Å². The van der Waals surface area contributed by atoms with E-state index in [4.69, 9.17) is 10.5 Å². The Morgan fingerprint density at radius 3 is 2.58 bits per heavy atom. The number of aldehydes is 1. The van der Waals surface area contributed by atoms with E-state index in [0.29, 0.717) is 6.54 Å². The van der Waals surface area contributed by atoms with Crippen molar-refractivity contribution < 1.29 is 9.53 Å². The summed E-state index contributed by atoms with van der Waals surface area (Å²) in [5.74, 6) is 0. The summed E-state index contributed by atoms with van der Waals surface area (Å²) in [5, 5.41) is 2.06. The van der Waals surface area contributed by atoms with Crippen molar-refractivity contribution in [3.05, 3.63) is 0 Å². The van der Waals surface area contributed by atoms with Crippen LogP contribution in [0.3, 0.4) is 0 Å². The number of nitrogens with two attached hydrogens (primary N) is 1. The molecule has 19 heavy (non-hydrogen) atoms. The third-order valence-corrected chi connectivity index (χ3v) is 5.16. The number of rotatable bonds is 6. The Hall–Kier alpha value is -0.490. The second-order valence-electron chi connectivity index (χ2n) is 6.02. The van der Waals surface area contributed by atoms with Crippen LogP contribution in [0.5, 0.6) is 0 Å². The molecule has 2 atom stereocenters. The van der Waals surface area contributed by atoms with Gasteiger partial charge in [-0.25, -0.2) is 10.4 Å². The molecule has 0 aromatic heterocycles. The molecule has 0 aliphatic carbocycles. The Morgan fingerprint density at radius 2 is 2.11 bits per heavy atom. The summed E-state index contributed by atoms with van der Waals surface area (Å²) in [5.41, 5.74) is 9.13. The van der Waals surface area contributed by atoms with Gasteiger partial charge in [0.2, 0.25) is 0 Å². The van der Waals surface area contributed by atoms with Gasteiger partial charge in [0, 0.05) is 25.8 Å². The van der Waals surface area contributed by atoms with E-state index in [1.165, 1.54) is 0 Å². The molecule has 2 rings (SSSR count). The highest BCUT2D eigenvalue weighted by Crippen LogP contribution is 2.39. The molecule has 5 heteroatoms. The maximum Gasteiger partial charge on any atom is 0.143 e. The first-order valence-corrected chi connectivity index (χ1v) is 7.40. The monoisotopic (exact) mass is 269 g/mol.